The Kier molecular flexibility index (Phi) is 24.2. The number of amides is 3. The molecule has 0 radical (unpaired) electrons. The summed E-state index contributed by atoms with van der Waals surface area (Å²) >= 11 is 0. The lowest BCUT2D eigenvalue weighted by Crippen LogP contribution is -2.53. The Labute approximate surface area is 518 Å². The number of hydrogen-bond donors (Lipinski definition) is 2. The average molecular weight is 1220 g/mol. The maximum atomic E-state index is 15.0. The zero-order valence-corrected chi connectivity index (χ0v) is 52.4. The summed E-state index contributed by atoms with van der Waals surface area (Å²) in [5.74, 6) is -5.25. The highest BCUT2D eigenvalue weighted by Crippen LogP contribution is 2.38. The molecule has 0 aromatic heterocycles. The molecule has 3 aromatic rings. The largest absolute Gasteiger partial charge is 0.458 e. The number of anilines is 2. The topological polar surface area (TPSA) is 240 Å². The number of nitrogens with one attached hydrogen (secondary N) is 1. The van der Waals surface area contributed by atoms with Crippen molar-refractivity contribution in [3.05, 3.63) is 95.6 Å². The summed E-state index contributed by atoms with van der Waals surface area (Å²) in [6.07, 6.45) is 2.52. The highest BCUT2D eigenvalue weighted by atomic mass is 16.6. The lowest BCUT2D eigenvalue weighted by molar-refractivity contribution is -0.175. The third-order valence-corrected chi connectivity index (χ3v) is 17.7. The first-order chi connectivity index (χ1) is 42.3. The molecule has 8 atom stereocenters. The van der Waals surface area contributed by atoms with Crippen LogP contribution in [0.4, 0.5) is 11.4 Å². The minimum atomic E-state index is -1.51. The first kappa shape index (κ1) is 66.8. The van der Waals surface area contributed by atoms with Crippen molar-refractivity contribution in [3.8, 4) is 0 Å². The molecule has 3 amide bonds. The van der Waals surface area contributed by atoms with Crippen LogP contribution in [0.25, 0.3) is 0 Å². The lowest BCUT2D eigenvalue weighted by atomic mass is 10.0. The number of carbonyl (C=O) groups is 8. The number of rotatable bonds is 35. The van der Waals surface area contributed by atoms with Gasteiger partial charge in [0.1, 0.15) is 30.8 Å². The molecule has 21 nitrogen and oxygen atoms in total. The molecule has 4 saturated carbocycles. The number of hydrogen-bond acceptors (Lipinski definition) is 18. The molecule has 0 spiro atoms. The van der Waals surface area contributed by atoms with Crippen molar-refractivity contribution < 1.29 is 71.9 Å². The van der Waals surface area contributed by atoms with E-state index in [1.165, 1.54) is 49.7 Å². The smallest absolute Gasteiger partial charge is 0.347 e. The maximum Gasteiger partial charge on any atom is 0.347 e. The van der Waals surface area contributed by atoms with Crippen LogP contribution in [0.5, 0.6) is 0 Å². The molecule has 480 valence electrons. The fourth-order valence-electron chi connectivity index (χ4n) is 11.2. The standard InChI is InChI=1S/C67H92N6O15/c1-8-72(30-33-74)52-26-22-49(23-27-52)41-59(62(77)71(7)56(38-47-18-19-47)66(81)86-44(3)63(78)84-42-51-12-10-9-11-13-51)88-67(82)57(39-48-20-21-48)69(5)60(75)43(2)85-65(80)55(37-46-16-17-46)70(6)61(76)58(87-64(79)54(68-4)36-45-14-15-45)40-50-24-28-53(29-25-50)73-31-34-83-35-32-73/h9-13,22-29,43-48,54-59,68,74H,8,14-21,30-42H2,1-7H3/t43-,44-,54+,55+,56+,57+,58-,59-/m1/s1. The molecule has 1 heterocycles. The summed E-state index contributed by atoms with van der Waals surface area (Å²) in [4.78, 5) is 123. The first-order valence-electron chi connectivity index (χ1n) is 31.7. The Hall–Kier alpha value is -7.10. The fraction of sp³-hybridized carbons (Fsp3) is 0.612. The fourth-order valence-corrected chi connectivity index (χ4v) is 11.2. The molecular formula is C67H92N6O15. The average Bonchev–Trinajstić information content (AvgIpc) is 4.45. The molecule has 0 bridgehead atoms. The van der Waals surface area contributed by atoms with Crippen LogP contribution >= 0.6 is 0 Å². The van der Waals surface area contributed by atoms with E-state index in [4.69, 9.17) is 28.4 Å². The monoisotopic (exact) mass is 1220 g/mol. The highest BCUT2D eigenvalue weighted by Gasteiger charge is 2.44. The van der Waals surface area contributed by atoms with E-state index in [1.807, 2.05) is 66.4 Å². The second-order valence-electron chi connectivity index (χ2n) is 24.7. The summed E-state index contributed by atoms with van der Waals surface area (Å²) in [6, 6.07) is 19.9. The van der Waals surface area contributed by atoms with Crippen LogP contribution < -0.4 is 15.1 Å². The highest BCUT2D eigenvalue weighted by molar-refractivity contribution is 5.93. The summed E-state index contributed by atoms with van der Waals surface area (Å²) in [6.45, 7) is 8.44. The zero-order valence-electron chi connectivity index (χ0n) is 52.4. The third-order valence-electron chi connectivity index (χ3n) is 17.7. The van der Waals surface area contributed by atoms with Gasteiger partial charge in [0.2, 0.25) is 0 Å². The van der Waals surface area contributed by atoms with Crippen LogP contribution in [0.3, 0.4) is 0 Å². The summed E-state index contributed by atoms with van der Waals surface area (Å²) in [5.41, 5.74) is 3.94. The Morgan fingerprint density at radius 3 is 1.47 bits per heavy atom. The molecule has 2 N–H and O–H groups in total. The minimum Gasteiger partial charge on any atom is -0.458 e. The van der Waals surface area contributed by atoms with Crippen molar-refractivity contribution in [1.29, 1.82) is 0 Å². The molecular weight excluding hydrogens is 1130 g/mol. The number of aliphatic hydroxyl groups is 1. The second kappa shape index (κ2) is 31.9. The third kappa shape index (κ3) is 19.4. The van der Waals surface area contributed by atoms with E-state index in [1.54, 1.807) is 31.3 Å². The van der Waals surface area contributed by atoms with Crippen LogP contribution in [0.15, 0.2) is 78.9 Å². The molecule has 88 heavy (non-hydrogen) atoms. The van der Waals surface area contributed by atoms with Gasteiger partial charge in [-0.3, -0.25) is 19.2 Å². The van der Waals surface area contributed by atoms with Crippen LogP contribution in [-0.2, 0) is 86.2 Å². The van der Waals surface area contributed by atoms with Gasteiger partial charge in [0.15, 0.2) is 24.4 Å². The van der Waals surface area contributed by atoms with E-state index in [0.717, 1.165) is 87.0 Å². The molecule has 8 rings (SSSR count). The Morgan fingerprint density at radius 1 is 0.557 bits per heavy atom. The Bertz CT molecular complexity index is 2820. The predicted octanol–water partition coefficient (Wildman–Crippen LogP) is 5.83. The van der Waals surface area contributed by atoms with Gasteiger partial charge in [-0.1, -0.05) is 106 Å². The quantitative estimate of drug-likeness (QED) is 0.0520. The van der Waals surface area contributed by atoms with E-state index >= 15 is 4.79 Å². The molecule has 0 unspecified atom stereocenters. The van der Waals surface area contributed by atoms with Crippen molar-refractivity contribution in [2.24, 2.45) is 23.7 Å². The Morgan fingerprint density at radius 2 is 1.00 bits per heavy atom. The van der Waals surface area contributed by atoms with Crippen molar-refractivity contribution in [1.82, 2.24) is 20.0 Å². The van der Waals surface area contributed by atoms with E-state index in [-0.39, 0.29) is 63.1 Å². The van der Waals surface area contributed by atoms with Gasteiger partial charge in [-0.05, 0) is 118 Å². The minimum absolute atomic E-state index is 0.0298. The molecule has 1 saturated heterocycles. The Balaban J connectivity index is 0.978. The van der Waals surface area contributed by atoms with Gasteiger partial charge in [0.25, 0.3) is 17.7 Å². The lowest BCUT2D eigenvalue weighted by Gasteiger charge is -2.33. The zero-order chi connectivity index (χ0) is 63.0. The SMILES string of the molecule is CCN(CCO)c1ccc(C[C@@H](OC(=O)[C@H](CC2CC2)N(C)C(=O)[C@@H](C)OC(=O)[C@H](CC2CC2)N(C)C(=O)[C@@H](Cc2ccc(N3CCOCC3)cc2)OC(=O)[C@H](CC2CC2)NC)C(=O)N(C)[C@@H](CC2CC2)C(=O)O[C@H](C)C(=O)OCc2ccccc2)cc1. The van der Waals surface area contributed by atoms with Gasteiger partial charge < -0.3 is 63.3 Å². The van der Waals surface area contributed by atoms with E-state index in [2.05, 4.69) is 10.2 Å². The van der Waals surface area contributed by atoms with Gasteiger partial charge in [-0.25, -0.2) is 19.2 Å². The summed E-state index contributed by atoms with van der Waals surface area (Å²) in [5, 5.41) is 12.8. The van der Waals surface area contributed by atoms with Gasteiger partial charge in [0, 0.05) is 71.5 Å². The van der Waals surface area contributed by atoms with Gasteiger partial charge in [0.05, 0.1) is 19.8 Å². The molecule has 3 aromatic carbocycles. The van der Waals surface area contributed by atoms with Crippen molar-refractivity contribution in [2.75, 3.05) is 84.0 Å². The molecule has 1 aliphatic heterocycles. The molecule has 4 aliphatic carbocycles. The van der Waals surface area contributed by atoms with Crippen LogP contribution in [0, 0.1) is 23.7 Å². The first-order valence-corrected chi connectivity index (χ1v) is 31.7. The normalized spacial score (nSPS) is 18.4. The number of carbonyl (C=O) groups excluding carboxylic acids is 8. The van der Waals surface area contributed by atoms with Gasteiger partial charge in [-0.15, -0.1) is 0 Å². The van der Waals surface area contributed by atoms with E-state index in [0.29, 0.717) is 44.2 Å². The number of nitrogens with zero attached hydrogens (tertiary/aromatic N) is 5. The second-order valence-corrected chi connectivity index (χ2v) is 24.7. The molecule has 5 fully saturated rings. The maximum absolute atomic E-state index is 15.0. The summed E-state index contributed by atoms with van der Waals surface area (Å²) in [7, 11) is 6.04. The molecule has 5 aliphatic rings. The van der Waals surface area contributed by atoms with Crippen molar-refractivity contribution in [3.63, 3.8) is 0 Å². The molecule has 21 heteroatoms. The number of aliphatic hydroxyl groups excluding tert-OH is 1. The number of esters is 5. The number of ether oxygens (including phenoxy) is 6. The van der Waals surface area contributed by atoms with E-state index < -0.39 is 96.2 Å². The summed E-state index contributed by atoms with van der Waals surface area (Å²) < 4.78 is 35.0. The van der Waals surface area contributed by atoms with Crippen molar-refractivity contribution in [2.45, 2.75) is 166 Å². The number of benzene rings is 3. The van der Waals surface area contributed by atoms with E-state index in [9.17, 15) is 38.7 Å². The van der Waals surface area contributed by atoms with Gasteiger partial charge >= 0.3 is 29.8 Å². The number of morpholine rings is 1. The van der Waals surface area contributed by atoms with Crippen LogP contribution in [0.1, 0.15) is 115 Å². The number of likely N-dealkylation sites (N-methyl/N-ethyl adjacent to an activating group) is 5. The van der Waals surface area contributed by atoms with Crippen molar-refractivity contribution >= 4 is 58.9 Å². The predicted molar refractivity (Wildman–Crippen MR) is 327 cm³/mol. The van der Waals surface area contributed by atoms with Gasteiger partial charge in [-0.2, -0.15) is 0 Å². The van der Waals surface area contributed by atoms with Crippen LogP contribution in [-0.4, -0.2) is 190 Å². The van der Waals surface area contributed by atoms with Crippen LogP contribution in [0.2, 0.25) is 0 Å².